The maximum Gasteiger partial charge on any atom is 0.230 e. The predicted octanol–water partition coefficient (Wildman–Crippen LogP) is 1.37. The molecule has 0 bridgehead atoms. The average molecular weight is 230 g/mol. The molecule has 1 aliphatic rings. The SMILES string of the molecule is CC1CCCCC1NC(=O)CSCCN. The Bertz CT molecular complexity index is 199. The molecular weight excluding hydrogens is 208 g/mol. The molecule has 88 valence electrons. The Balaban J connectivity index is 2.18. The van der Waals surface area contributed by atoms with Crippen molar-refractivity contribution < 1.29 is 4.79 Å². The highest BCUT2D eigenvalue weighted by molar-refractivity contribution is 7.99. The summed E-state index contributed by atoms with van der Waals surface area (Å²) in [5.74, 6) is 2.24. The summed E-state index contributed by atoms with van der Waals surface area (Å²) in [6, 6.07) is 0.407. The van der Waals surface area contributed by atoms with Gasteiger partial charge >= 0.3 is 0 Å². The van der Waals surface area contributed by atoms with Gasteiger partial charge < -0.3 is 11.1 Å². The topological polar surface area (TPSA) is 55.1 Å². The van der Waals surface area contributed by atoms with Gasteiger partial charge in [0.1, 0.15) is 0 Å². The van der Waals surface area contributed by atoms with Crippen LogP contribution in [0.2, 0.25) is 0 Å². The Hall–Kier alpha value is -0.220. The van der Waals surface area contributed by atoms with Crippen molar-refractivity contribution in [2.75, 3.05) is 18.1 Å². The lowest BCUT2D eigenvalue weighted by atomic mass is 9.86. The molecule has 0 aromatic heterocycles. The third kappa shape index (κ3) is 4.89. The van der Waals surface area contributed by atoms with Crippen LogP contribution in [0.5, 0.6) is 0 Å². The molecule has 1 aliphatic carbocycles. The van der Waals surface area contributed by atoms with E-state index in [4.69, 9.17) is 5.73 Å². The molecule has 2 unspecified atom stereocenters. The van der Waals surface area contributed by atoms with Crippen LogP contribution in [-0.4, -0.2) is 30.0 Å². The quantitative estimate of drug-likeness (QED) is 0.701. The van der Waals surface area contributed by atoms with Crippen LogP contribution in [0.25, 0.3) is 0 Å². The lowest BCUT2D eigenvalue weighted by Gasteiger charge is -2.29. The van der Waals surface area contributed by atoms with Crippen LogP contribution < -0.4 is 11.1 Å². The molecule has 0 spiro atoms. The van der Waals surface area contributed by atoms with Crippen molar-refractivity contribution in [2.45, 2.75) is 38.6 Å². The van der Waals surface area contributed by atoms with Crippen LogP contribution in [0.1, 0.15) is 32.6 Å². The van der Waals surface area contributed by atoms with E-state index in [1.807, 2.05) is 0 Å². The van der Waals surface area contributed by atoms with Gasteiger partial charge in [0.2, 0.25) is 5.91 Å². The van der Waals surface area contributed by atoms with Gasteiger partial charge in [-0.15, -0.1) is 0 Å². The normalized spacial score (nSPS) is 26.3. The molecule has 2 atom stereocenters. The molecule has 0 heterocycles. The van der Waals surface area contributed by atoms with Crippen LogP contribution >= 0.6 is 11.8 Å². The molecule has 1 rings (SSSR count). The molecule has 3 nitrogen and oxygen atoms in total. The van der Waals surface area contributed by atoms with Crippen LogP contribution in [0.4, 0.5) is 0 Å². The van der Waals surface area contributed by atoms with Gasteiger partial charge in [0, 0.05) is 18.3 Å². The second-order valence-electron chi connectivity index (χ2n) is 4.28. The van der Waals surface area contributed by atoms with E-state index in [1.54, 1.807) is 11.8 Å². The van der Waals surface area contributed by atoms with Gasteiger partial charge in [-0.2, -0.15) is 11.8 Å². The molecule has 3 N–H and O–H groups in total. The van der Waals surface area contributed by atoms with Crippen LogP contribution in [-0.2, 0) is 4.79 Å². The molecule has 0 radical (unpaired) electrons. The minimum absolute atomic E-state index is 0.173. The molecule has 15 heavy (non-hydrogen) atoms. The first kappa shape index (κ1) is 12.8. The van der Waals surface area contributed by atoms with Crippen LogP contribution in [0, 0.1) is 5.92 Å². The average Bonchev–Trinajstić information content (AvgIpc) is 2.22. The molecular formula is C11H22N2OS. The summed E-state index contributed by atoms with van der Waals surface area (Å²) in [6.45, 7) is 2.88. The number of hydrogen-bond acceptors (Lipinski definition) is 3. The number of rotatable bonds is 5. The van der Waals surface area contributed by atoms with E-state index < -0.39 is 0 Å². The molecule has 0 aliphatic heterocycles. The largest absolute Gasteiger partial charge is 0.352 e. The molecule has 1 saturated carbocycles. The molecule has 0 aromatic rings. The molecule has 0 saturated heterocycles. The Labute approximate surface area is 96.6 Å². The summed E-state index contributed by atoms with van der Waals surface area (Å²) < 4.78 is 0. The zero-order valence-corrected chi connectivity index (χ0v) is 10.3. The first-order valence-corrected chi connectivity index (χ1v) is 6.96. The first-order valence-electron chi connectivity index (χ1n) is 5.81. The first-order chi connectivity index (χ1) is 7.24. The molecule has 1 fully saturated rings. The number of nitrogens with two attached hydrogens (primary N) is 1. The number of thioether (sulfide) groups is 1. The van der Waals surface area contributed by atoms with Crippen molar-refractivity contribution in [3.8, 4) is 0 Å². The van der Waals surface area contributed by atoms with Crippen LogP contribution in [0.15, 0.2) is 0 Å². The summed E-state index contributed by atoms with van der Waals surface area (Å²) in [5.41, 5.74) is 5.37. The summed E-state index contributed by atoms with van der Waals surface area (Å²) in [6.07, 6.45) is 4.97. The molecule has 0 aromatic carbocycles. The van der Waals surface area contributed by atoms with E-state index in [1.165, 1.54) is 19.3 Å². The van der Waals surface area contributed by atoms with Gasteiger partial charge in [0.15, 0.2) is 0 Å². The van der Waals surface area contributed by atoms with E-state index in [0.29, 0.717) is 24.3 Å². The Kier molecular flexibility index (Phi) is 6.10. The standard InChI is InChI=1S/C11H22N2OS/c1-9-4-2-3-5-10(9)13-11(14)8-15-7-6-12/h9-10H,2-8,12H2,1H3,(H,13,14). The van der Waals surface area contributed by atoms with Crippen molar-refractivity contribution >= 4 is 17.7 Å². The predicted molar refractivity (Wildman–Crippen MR) is 65.9 cm³/mol. The monoisotopic (exact) mass is 230 g/mol. The van der Waals surface area contributed by atoms with Gasteiger partial charge in [-0.1, -0.05) is 19.8 Å². The van der Waals surface area contributed by atoms with E-state index >= 15 is 0 Å². The lowest BCUT2D eigenvalue weighted by molar-refractivity contribution is -0.119. The second kappa shape index (κ2) is 7.12. The third-order valence-electron chi connectivity index (χ3n) is 2.95. The maximum absolute atomic E-state index is 11.6. The summed E-state index contributed by atoms with van der Waals surface area (Å²) in [7, 11) is 0. The third-order valence-corrected chi connectivity index (χ3v) is 3.94. The number of nitrogens with one attached hydrogen (secondary N) is 1. The number of carbonyl (C=O) groups excluding carboxylic acids is 1. The fourth-order valence-corrected chi connectivity index (χ4v) is 2.61. The fraction of sp³-hybridized carbons (Fsp3) is 0.909. The van der Waals surface area contributed by atoms with Gasteiger partial charge in [0.25, 0.3) is 0 Å². The van der Waals surface area contributed by atoms with E-state index in [2.05, 4.69) is 12.2 Å². The Morgan fingerprint density at radius 3 is 2.87 bits per heavy atom. The lowest BCUT2D eigenvalue weighted by Crippen LogP contribution is -2.41. The zero-order valence-electron chi connectivity index (χ0n) is 9.50. The number of hydrogen-bond donors (Lipinski definition) is 2. The number of carbonyl (C=O) groups is 1. The highest BCUT2D eigenvalue weighted by Gasteiger charge is 2.22. The second-order valence-corrected chi connectivity index (χ2v) is 5.38. The minimum atomic E-state index is 0.173. The van der Waals surface area contributed by atoms with Crippen molar-refractivity contribution in [3.63, 3.8) is 0 Å². The van der Waals surface area contributed by atoms with Crippen molar-refractivity contribution in [1.29, 1.82) is 0 Å². The molecule has 1 amide bonds. The maximum atomic E-state index is 11.6. The smallest absolute Gasteiger partial charge is 0.230 e. The Morgan fingerprint density at radius 2 is 2.20 bits per heavy atom. The van der Waals surface area contributed by atoms with Crippen molar-refractivity contribution in [2.24, 2.45) is 11.7 Å². The van der Waals surface area contributed by atoms with E-state index in [9.17, 15) is 4.79 Å². The van der Waals surface area contributed by atoms with Gasteiger partial charge in [0.05, 0.1) is 5.75 Å². The van der Waals surface area contributed by atoms with Gasteiger partial charge in [-0.05, 0) is 18.8 Å². The van der Waals surface area contributed by atoms with E-state index in [-0.39, 0.29) is 5.91 Å². The zero-order chi connectivity index (χ0) is 11.1. The summed E-state index contributed by atoms with van der Waals surface area (Å²) in [5, 5.41) is 3.13. The van der Waals surface area contributed by atoms with Gasteiger partial charge in [-0.25, -0.2) is 0 Å². The minimum Gasteiger partial charge on any atom is -0.352 e. The molecule has 4 heteroatoms. The van der Waals surface area contributed by atoms with Gasteiger partial charge in [-0.3, -0.25) is 4.79 Å². The Morgan fingerprint density at radius 1 is 1.47 bits per heavy atom. The van der Waals surface area contributed by atoms with Crippen molar-refractivity contribution in [1.82, 2.24) is 5.32 Å². The highest BCUT2D eigenvalue weighted by Crippen LogP contribution is 2.23. The number of amides is 1. The highest BCUT2D eigenvalue weighted by atomic mass is 32.2. The summed E-state index contributed by atoms with van der Waals surface area (Å²) in [4.78, 5) is 11.6. The van der Waals surface area contributed by atoms with E-state index in [0.717, 1.165) is 12.2 Å². The van der Waals surface area contributed by atoms with Crippen molar-refractivity contribution in [3.05, 3.63) is 0 Å². The summed E-state index contributed by atoms with van der Waals surface area (Å²) >= 11 is 1.61. The van der Waals surface area contributed by atoms with Crippen LogP contribution in [0.3, 0.4) is 0 Å². The fourth-order valence-electron chi connectivity index (χ4n) is 2.03.